The molecule has 0 atom stereocenters. The van der Waals surface area contributed by atoms with Crippen LogP contribution in [0.25, 0.3) is 11.0 Å². The Balaban J connectivity index is 1.84. The van der Waals surface area contributed by atoms with Crippen LogP contribution in [0, 0.1) is 0 Å². The molecular formula is C17H10F5NO4. The van der Waals surface area contributed by atoms with Gasteiger partial charge in [-0.3, -0.25) is 4.98 Å². The first-order valence-corrected chi connectivity index (χ1v) is 7.40. The van der Waals surface area contributed by atoms with Crippen molar-refractivity contribution in [1.29, 1.82) is 0 Å². The van der Waals surface area contributed by atoms with Gasteiger partial charge in [0.15, 0.2) is 5.69 Å². The number of nitrogens with zero attached hydrogens (tertiary/aromatic N) is 1. The van der Waals surface area contributed by atoms with E-state index >= 15 is 0 Å². The molecule has 3 rings (SSSR count). The maximum Gasteiger partial charge on any atom is 0.433 e. The van der Waals surface area contributed by atoms with Crippen LogP contribution in [0.4, 0.5) is 22.0 Å². The topological polar surface area (TPSA) is 61.6 Å². The van der Waals surface area contributed by atoms with Gasteiger partial charge in [-0.2, -0.15) is 22.0 Å². The van der Waals surface area contributed by atoms with E-state index in [0.29, 0.717) is 0 Å². The number of carbonyl (C=O) groups is 1. The largest absolute Gasteiger partial charge is 0.489 e. The highest BCUT2D eigenvalue weighted by Crippen LogP contribution is 2.31. The fraction of sp³-hybridized carbons (Fsp3) is 0.176. The summed E-state index contributed by atoms with van der Waals surface area (Å²) in [4.78, 5) is 15.0. The summed E-state index contributed by atoms with van der Waals surface area (Å²) in [6, 6.07) is 6.63. The van der Waals surface area contributed by atoms with E-state index in [0.717, 1.165) is 12.5 Å². The van der Waals surface area contributed by atoms with Gasteiger partial charge in [-0.25, -0.2) is 4.79 Å². The highest BCUT2D eigenvalue weighted by atomic mass is 19.4. The van der Waals surface area contributed by atoms with Crippen molar-refractivity contribution in [2.75, 3.05) is 0 Å². The summed E-state index contributed by atoms with van der Waals surface area (Å²) in [5.41, 5.74) is -1.32. The molecule has 0 N–H and O–H groups in total. The SMILES string of the molecule is O=C(OC(F)F)c1coc2ccc(OCc3cccnc3C(F)(F)F)cc12. The maximum atomic E-state index is 12.9. The van der Waals surface area contributed by atoms with Gasteiger partial charge in [0.2, 0.25) is 0 Å². The van der Waals surface area contributed by atoms with Crippen molar-refractivity contribution < 1.29 is 40.6 Å². The van der Waals surface area contributed by atoms with Crippen molar-refractivity contribution >= 4 is 16.9 Å². The minimum Gasteiger partial charge on any atom is -0.489 e. The lowest BCUT2D eigenvalue weighted by Gasteiger charge is -2.12. The first kappa shape index (κ1) is 18.6. The van der Waals surface area contributed by atoms with Crippen molar-refractivity contribution in [3.8, 4) is 5.75 Å². The summed E-state index contributed by atoms with van der Waals surface area (Å²) in [5.74, 6) is -1.19. The highest BCUT2D eigenvalue weighted by molar-refractivity contribution is 6.03. The number of aromatic nitrogens is 1. The molecule has 2 aromatic heterocycles. The predicted molar refractivity (Wildman–Crippen MR) is 81.2 cm³/mol. The lowest BCUT2D eigenvalue weighted by atomic mass is 10.1. The van der Waals surface area contributed by atoms with Gasteiger partial charge in [0.1, 0.15) is 29.8 Å². The molecule has 5 nitrogen and oxygen atoms in total. The van der Waals surface area contributed by atoms with Crippen LogP contribution in [-0.4, -0.2) is 17.6 Å². The number of halogens is 5. The molecule has 0 saturated carbocycles. The van der Waals surface area contributed by atoms with E-state index in [1.807, 2.05) is 0 Å². The number of furan rings is 1. The minimum absolute atomic E-state index is 0.104. The number of pyridine rings is 1. The molecule has 0 saturated heterocycles. The molecule has 0 aliphatic rings. The van der Waals surface area contributed by atoms with Crippen LogP contribution in [0.15, 0.2) is 47.2 Å². The Labute approximate surface area is 148 Å². The van der Waals surface area contributed by atoms with Crippen LogP contribution in [0.5, 0.6) is 5.75 Å². The zero-order chi connectivity index (χ0) is 19.6. The van der Waals surface area contributed by atoms with Crippen LogP contribution in [0.2, 0.25) is 0 Å². The number of hydrogen-bond acceptors (Lipinski definition) is 5. The molecule has 0 aliphatic carbocycles. The molecule has 0 spiro atoms. The molecule has 0 amide bonds. The lowest BCUT2D eigenvalue weighted by Crippen LogP contribution is -2.13. The van der Waals surface area contributed by atoms with Gasteiger partial charge < -0.3 is 13.9 Å². The van der Waals surface area contributed by atoms with Crippen molar-refractivity contribution in [1.82, 2.24) is 4.98 Å². The number of hydrogen-bond donors (Lipinski definition) is 0. The Morgan fingerprint density at radius 3 is 2.70 bits per heavy atom. The number of esters is 1. The fourth-order valence-corrected chi connectivity index (χ4v) is 2.37. The van der Waals surface area contributed by atoms with Crippen LogP contribution in [-0.2, 0) is 17.5 Å². The van der Waals surface area contributed by atoms with E-state index in [2.05, 4.69) is 9.72 Å². The van der Waals surface area contributed by atoms with Gasteiger partial charge in [0.05, 0.1) is 0 Å². The van der Waals surface area contributed by atoms with Crippen molar-refractivity contribution in [3.05, 3.63) is 59.6 Å². The van der Waals surface area contributed by atoms with E-state index in [-0.39, 0.29) is 27.8 Å². The number of benzene rings is 1. The Hall–Kier alpha value is -3.17. The standard InChI is InChI=1S/C17H10F5NO4/c18-16(19)27-15(24)12-8-26-13-4-3-10(6-11(12)13)25-7-9-2-1-5-23-14(9)17(20,21)22/h1-6,8,16H,7H2. The van der Waals surface area contributed by atoms with Crippen LogP contribution < -0.4 is 4.74 Å². The highest BCUT2D eigenvalue weighted by Gasteiger charge is 2.35. The smallest absolute Gasteiger partial charge is 0.433 e. The van der Waals surface area contributed by atoms with E-state index < -0.39 is 31.1 Å². The van der Waals surface area contributed by atoms with E-state index in [1.54, 1.807) is 0 Å². The van der Waals surface area contributed by atoms with E-state index in [9.17, 15) is 26.7 Å². The molecule has 0 radical (unpaired) electrons. The van der Waals surface area contributed by atoms with Crippen molar-refractivity contribution in [2.45, 2.75) is 19.4 Å². The molecular weight excluding hydrogens is 377 g/mol. The summed E-state index contributed by atoms with van der Waals surface area (Å²) in [6.07, 6.45) is -2.67. The van der Waals surface area contributed by atoms with Crippen molar-refractivity contribution in [2.24, 2.45) is 0 Å². The maximum absolute atomic E-state index is 12.9. The third kappa shape index (κ3) is 4.15. The number of rotatable bonds is 5. The summed E-state index contributed by atoms with van der Waals surface area (Å²) in [5, 5.41) is 0.125. The number of fused-ring (bicyclic) bond motifs is 1. The average molecular weight is 387 g/mol. The quantitative estimate of drug-likeness (QED) is 0.465. The van der Waals surface area contributed by atoms with Crippen LogP contribution in [0.3, 0.4) is 0 Å². The molecule has 0 unspecified atom stereocenters. The van der Waals surface area contributed by atoms with Gasteiger partial charge in [-0.05, 0) is 24.3 Å². The molecule has 1 aromatic carbocycles. The van der Waals surface area contributed by atoms with Gasteiger partial charge in [0.25, 0.3) is 0 Å². The second-order valence-corrected chi connectivity index (χ2v) is 5.27. The Morgan fingerprint density at radius 1 is 1.22 bits per heavy atom. The molecule has 27 heavy (non-hydrogen) atoms. The average Bonchev–Trinajstić information content (AvgIpc) is 3.02. The Bertz CT molecular complexity index is 967. The predicted octanol–water partition coefficient (Wildman–Crippen LogP) is 4.81. The minimum atomic E-state index is -4.64. The number of alkyl halides is 5. The molecule has 10 heteroatoms. The van der Waals surface area contributed by atoms with E-state index in [4.69, 9.17) is 9.15 Å². The number of carbonyl (C=O) groups excluding carboxylic acids is 1. The third-order valence-corrected chi connectivity index (χ3v) is 3.52. The molecule has 0 aliphatic heterocycles. The fourth-order valence-electron chi connectivity index (χ4n) is 2.37. The zero-order valence-corrected chi connectivity index (χ0v) is 13.3. The first-order chi connectivity index (χ1) is 12.8. The van der Waals surface area contributed by atoms with Gasteiger partial charge in [-0.15, -0.1) is 0 Å². The molecule has 142 valence electrons. The lowest BCUT2D eigenvalue weighted by molar-refractivity contribution is -0.142. The number of ether oxygens (including phenoxy) is 2. The summed E-state index contributed by atoms with van der Waals surface area (Å²) < 4.78 is 77.5. The monoisotopic (exact) mass is 387 g/mol. The molecule has 0 bridgehead atoms. The Morgan fingerprint density at radius 2 is 2.00 bits per heavy atom. The molecule has 2 heterocycles. The van der Waals surface area contributed by atoms with Gasteiger partial charge in [-0.1, -0.05) is 6.07 Å². The third-order valence-electron chi connectivity index (χ3n) is 3.52. The summed E-state index contributed by atoms with van der Waals surface area (Å²) in [6.45, 7) is -3.74. The Kier molecular flexibility index (Phi) is 4.98. The first-order valence-electron chi connectivity index (χ1n) is 7.40. The summed E-state index contributed by atoms with van der Waals surface area (Å²) in [7, 11) is 0. The second-order valence-electron chi connectivity index (χ2n) is 5.27. The van der Waals surface area contributed by atoms with Crippen LogP contribution >= 0.6 is 0 Å². The zero-order valence-electron chi connectivity index (χ0n) is 13.3. The second kappa shape index (κ2) is 7.22. The summed E-state index contributed by atoms with van der Waals surface area (Å²) >= 11 is 0. The molecule has 3 aromatic rings. The van der Waals surface area contributed by atoms with E-state index in [1.165, 1.54) is 30.3 Å². The normalized spacial score (nSPS) is 11.8. The van der Waals surface area contributed by atoms with Gasteiger partial charge >= 0.3 is 18.8 Å². The molecule has 0 fully saturated rings. The van der Waals surface area contributed by atoms with Gasteiger partial charge in [0, 0.05) is 17.1 Å². The van der Waals surface area contributed by atoms with Crippen LogP contribution in [0.1, 0.15) is 21.6 Å². The van der Waals surface area contributed by atoms with Crippen molar-refractivity contribution in [3.63, 3.8) is 0 Å².